The van der Waals surface area contributed by atoms with Crippen LogP contribution in [0.15, 0.2) is 0 Å². The fourth-order valence-electron chi connectivity index (χ4n) is 0.985. The number of likely N-dealkylation sites (N-methyl/N-ethyl adjacent to an activating group) is 1. The van der Waals surface area contributed by atoms with Crippen LogP contribution in [-0.4, -0.2) is 58.5 Å². The SMILES string of the molecule is COCCN(C)C(CN)COC. The van der Waals surface area contributed by atoms with Gasteiger partial charge in [0.15, 0.2) is 0 Å². The highest BCUT2D eigenvalue weighted by molar-refractivity contribution is 4.68. The van der Waals surface area contributed by atoms with Gasteiger partial charge in [-0.3, -0.25) is 4.90 Å². The number of hydrogen-bond donors (Lipinski definition) is 1. The van der Waals surface area contributed by atoms with E-state index in [0.717, 1.165) is 13.2 Å². The van der Waals surface area contributed by atoms with Gasteiger partial charge in [-0.15, -0.1) is 0 Å². The molecular formula is C8H20N2O2. The Hall–Kier alpha value is -0.160. The zero-order valence-corrected chi connectivity index (χ0v) is 8.25. The summed E-state index contributed by atoms with van der Waals surface area (Å²) in [6.07, 6.45) is 0. The average molecular weight is 176 g/mol. The van der Waals surface area contributed by atoms with Gasteiger partial charge in [0.2, 0.25) is 0 Å². The van der Waals surface area contributed by atoms with Gasteiger partial charge < -0.3 is 15.2 Å². The van der Waals surface area contributed by atoms with Crippen LogP contribution in [0.25, 0.3) is 0 Å². The van der Waals surface area contributed by atoms with Crippen molar-refractivity contribution in [3.63, 3.8) is 0 Å². The second-order valence-corrected chi connectivity index (χ2v) is 2.82. The molecular weight excluding hydrogens is 156 g/mol. The van der Waals surface area contributed by atoms with Crippen LogP contribution >= 0.6 is 0 Å². The first-order valence-corrected chi connectivity index (χ1v) is 4.14. The Morgan fingerprint density at radius 3 is 2.42 bits per heavy atom. The van der Waals surface area contributed by atoms with E-state index in [-0.39, 0.29) is 0 Å². The van der Waals surface area contributed by atoms with Gasteiger partial charge in [0.25, 0.3) is 0 Å². The van der Waals surface area contributed by atoms with Crippen LogP contribution in [0.5, 0.6) is 0 Å². The summed E-state index contributed by atoms with van der Waals surface area (Å²) in [7, 11) is 5.41. The minimum atomic E-state index is 0.296. The van der Waals surface area contributed by atoms with Crippen LogP contribution in [0.2, 0.25) is 0 Å². The molecule has 12 heavy (non-hydrogen) atoms. The molecule has 1 unspecified atom stereocenters. The molecule has 0 aliphatic heterocycles. The molecule has 0 fully saturated rings. The normalized spacial score (nSPS) is 13.8. The van der Waals surface area contributed by atoms with Crippen molar-refractivity contribution in [2.24, 2.45) is 5.73 Å². The second kappa shape index (κ2) is 7.49. The molecule has 0 radical (unpaired) electrons. The number of nitrogens with two attached hydrogens (primary N) is 1. The molecule has 0 heterocycles. The Balaban J connectivity index is 3.60. The summed E-state index contributed by atoms with van der Waals surface area (Å²) in [6.45, 7) is 2.92. The molecule has 0 aromatic heterocycles. The lowest BCUT2D eigenvalue weighted by atomic mass is 10.3. The fraction of sp³-hybridized carbons (Fsp3) is 1.00. The van der Waals surface area contributed by atoms with Gasteiger partial charge >= 0.3 is 0 Å². The van der Waals surface area contributed by atoms with Gasteiger partial charge in [0.05, 0.1) is 13.2 Å². The molecule has 0 bridgehead atoms. The molecule has 0 aliphatic carbocycles. The monoisotopic (exact) mass is 176 g/mol. The minimum Gasteiger partial charge on any atom is -0.383 e. The Kier molecular flexibility index (Phi) is 7.39. The minimum absolute atomic E-state index is 0.296. The lowest BCUT2D eigenvalue weighted by Crippen LogP contribution is -2.42. The van der Waals surface area contributed by atoms with E-state index in [2.05, 4.69) is 4.90 Å². The number of methoxy groups -OCH3 is 2. The molecule has 0 aromatic carbocycles. The van der Waals surface area contributed by atoms with Crippen molar-refractivity contribution in [3.8, 4) is 0 Å². The second-order valence-electron chi connectivity index (χ2n) is 2.82. The van der Waals surface area contributed by atoms with Crippen LogP contribution < -0.4 is 5.73 Å². The predicted molar refractivity (Wildman–Crippen MR) is 49.2 cm³/mol. The highest BCUT2D eigenvalue weighted by atomic mass is 16.5. The smallest absolute Gasteiger partial charge is 0.0630 e. The zero-order chi connectivity index (χ0) is 9.40. The first kappa shape index (κ1) is 11.8. The van der Waals surface area contributed by atoms with Gasteiger partial charge in [-0.25, -0.2) is 0 Å². The number of ether oxygens (including phenoxy) is 2. The fourth-order valence-corrected chi connectivity index (χ4v) is 0.985. The van der Waals surface area contributed by atoms with Crippen molar-refractivity contribution in [2.45, 2.75) is 6.04 Å². The maximum absolute atomic E-state index is 5.57. The third kappa shape index (κ3) is 4.66. The molecule has 74 valence electrons. The Morgan fingerprint density at radius 2 is 2.00 bits per heavy atom. The summed E-state index contributed by atoms with van der Waals surface area (Å²) in [4.78, 5) is 2.15. The van der Waals surface area contributed by atoms with E-state index < -0.39 is 0 Å². The molecule has 0 saturated heterocycles. The lowest BCUT2D eigenvalue weighted by molar-refractivity contribution is 0.0871. The van der Waals surface area contributed by atoms with E-state index in [1.165, 1.54) is 0 Å². The molecule has 4 nitrogen and oxygen atoms in total. The quantitative estimate of drug-likeness (QED) is 0.570. The van der Waals surface area contributed by atoms with E-state index in [1.807, 2.05) is 7.05 Å². The Bertz CT molecular complexity index is 101. The van der Waals surface area contributed by atoms with Gasteiger partial charge in [0, 0.05) is 33.4 Å². The molecule has 0 amide bonds. The maximum atomic E-state index is 5.57. The zero-order valence-electron chi connectivity index (χ0n) is 8.25. The van der Waals surface area contributed by atoms with E-state index in [1.54, 1.807) is 14.2 Å². The van der Waals surface area contributed by atoms with Crippen molar-refractivity contribution in [3.05, 3.63) is 0 Å². The molecule has 0 rings (SSSR count). The van der Waals surface area contributed by atoms with Gasteiger partial charge in [-0.2, -0.15) is 0 Å². The summed E-state index contributed by atoms with van der Waals surface area (Å²) >= 11 is 0. The number of hydrogen-bond acceptors (Lipinski definition) is 4. The van der Waals surface area contributed by atoms with Crippen molar-refractivity contribution in [1.82, 2.24) is 4.90 Å². The lowest BCUT2D eigenvalue weighted by Gasteiger charge is -2.25. The third-order valence-corrected chi connectivity index (χ3v) is 1.90. The van der Waals surface area contributed by atoms with Gasteiger partial charge in [0.1, 0.15) is 0 Å². The molecule has 0 spiro atoms. The maximum Gasteiger partial charge on any atom is 0.0630 e. The van der Waals surface area contributed by atoms with E-state index in [9.17, 15) is 0 Å². The average Bonchev–Trinajstić information content (AvgIpc) is 2.10. The van der Waals surface area contributed by atoms with Crippen molar-refractivity contribution < 1.29 is 9.47 Å². The molecule has 0 aliphatic rings. The topological polar surface area (TPSA) is 47.7 Å². The van der Waals surface area contributed by atoms with Gasteiger partial charge in [-0.1, -0.05) is 0 Å². The standard InChI is InChI=1S/C8H20N2O2/c1-10(4-5-11-2)8(6-9)7-12-3/h8H,4-7,9H2,1-3H3. The first-order chi connectivity index (χ1) is 5.76. The molecule has 1 atom stereocenters. The Morgan fingerprint density at radius 1 is 1.33 bits per heavy atom. The van der Waals surface area contributed by atoms with Crippen LogP contribution in [0.3, 0.4) is 0 Å². The highest BCUT2D eigenvalue weighted by Gasteiger charge is 2.11. The van der Waals surface area contributed by atoms with Crippen LogP contribution in [0.1, 0.15) is 0 Å². The van der Waals surface area contributed by atoms with E-state index >= 15 is 0 Å². The molecule has 0 saturated carbocycles. The van der Waals surface area contributed by atoms with Crippen LogP contribution in [0.4, 0.5) is 0 Å². The predicted octanol–water partition coefficient (Wildman–Crippen LogP) is -0.462. The summed E-state index contributed by atoms with van der Waals surface area (Å²) in [6, 6.07) is 0.296. The van der Waals surface area contributed by atoms with E-state index in [4.69, 9.17) is 15.2 Å². The van der Waals surface area contributed by atoms with Crippen LogP contribution in [-0.2, 0) is 9.47 Å². The summed E-state index contributed by atoms with van der Waals surface area (Å²) in [5.74, 6) is 0. The molecule has 2 N–H and O–H groups in total. The van der Waals surface area contributed by atoms with Crippen molar-refractivity contribution in [1.29, 1.82) is 0 Å². The largest absolute Gasteiger partial charge is 0.383 e. The Labute approximate surface area is 74.6 Å². The summed E-state index contributed by atoms with van der Waals surface area (Å²) < 4.78 is 10.00. The highest BCUT2D eigenvalue weighted by Crippen LogP contribution is 1.94. The third-order valence-electron chi connectivity index (χ3n) is 1.90. The van der Waals surface area contributed by atoms with Crippen molar-refractivity contribution in [2.75, 3.05) is 47.6 Å². The summed E-state index contributed by atoms with van der Waals surface area (Å²) in [5.41, 5.74) is 5.57. The molecule has 4 heteroatoms. The van der Waals surface area contributed by atoms with Gasteiger partial charge in [-0.05, 0) is 7.05 Å². The van der Waals surface area contributed by atoms with Crippen LogP contribution in [0, 0.1) is 0 Å². The number of rotatable bonds is 7. The summed E-state index contributed by atoms with van der Waals surface area (Å²) in [5, 5.41) is 0. The first-order valence-electron chi connectivity index (χ1n) is 4.14. The molecule has 0 aromatic rings. The van der Waals surface area contributed by atoms with E-state index in [0.29, 0.717) is 19.2 Å². The van der Waals surface area contributed by atoms with Crippen molar-refractivity contribution >= 4 is 0 Å². The number of nitrogens with zero attached hydrogens (tertiary/aromatic N) is 1.